The Hall–Kier alpha value is -3.73. The summed E-state index contributed by atoms with van der Waals surface area (Å²) in [5, 5.41) is 5.59. The van der Waals surface area contributed by atoms with E-state index in [1.54, 1.807) is 60.7 Å². The SMILES string of the molecule is CC(C)C(=O)Nc1ccc(C(=O)Nc2cccc(C(=O)c3ccccc3)c2)cc1. The minimum atomic E-state index is -0.295. The highest BCUT2D eigenvalue weighted by atomic mass is 16.2. The molecule has 0 aliphatic heterocycles. The van der Waals surface area contributed by atoms with Gasteiger partial charge in [0.05, 0.1) is 0 Å². The van der Waals surface area contributed by atoms with Crippen LogP contribution in [0.4, 0.5) is 11.4 Å². The number of rotatable bonds is 6. The Kier molecular flexibility index (Phi) is 6.19. The van der Waals surface area contributed by atoms with Crippen LogP contribution in [0.2, 0.25) is 0 Å². The molecule has 2 N–H and O–H groups in total. The van der Waals surface area contributed by atoms with Gasteiger partial charge in [-0.3, -0.25) is 14.4 Å². The van der Waals surface area contributed by atoms with Crippen LogP contribution in [0.5, 0.6) is 0 Å². The van der Waals surface area contributed by atoms with E-state index >= 15 is 0 Å². The van der Waals surface area contributed by atoms with Crippen LogP contribution in [0.15, 0.2) is 78.9 Å². The van der Waals surface area contributed by atoms with Gasteiger partial charge in [-0.25, -0.2) is 0 Å². The predicted molar refractivity (Wildman–Crippen MR) is 114 cm³/mol. The average molecular weight is 386 g/mol. The van der Waals surface area contributed by atoms with Gasteiger partial charge in [-0.2, -0.15) is 0 Å². The summed E-state index contributed by atoms with van der Waals surface area (Å²) in [6.45, 7) is 3.63. The first kappa shape index (κ1) is 20.0. The van der Waals surface area contributed by atoms with Crippen LogP contribution in [0.25, 0.3) is 0 Å². The Bertz CT molecular complexity index is 1030. The van der Waals surface area contributed by atoms with Crippen molar-refractivity contribution in [3.63, 3.8) is 0 Å². The van der Waals surface area contributed by atoms with Crippen molar-refractivity contribution in [3.8, 4) is 0 Å². The van der Waals surface area contributed by atoms with Gasteiger partial charge < -0.3 is 10.6 Å². The second kappa shape index (κ2) is 8.97. The molecule has 0 saturated heterocycles. The number of hydrogen-bond donors (Lipinski definition) is 2. The summed E-state index contributed by atoms with van der Waals surface area (Å²) in [7, 11) is 0. The summed E-state index contributed by atoms with van der Waals surface area (Å²) in [5.41, 5.74) is 2.72. The number of amides is 2. The normalized spacial score (nSPS) is 10.4. The maximum atomic E-state index is 12.6. The Balaban J connectivity index is 1.69. The Morgan fingerprint density at radius 3 is 1.97 bits per heavy atom. The minimum Gasteiger partial charge on any atom is -0.326 e. The largest absolute Gasteiger partial charge is 0.326 e. The lowest BCUT2D eigenvalue weighted by molar-refractivity contribution is -0.118. The summed E-state index contributed by atoms with van der Waals surface area (Å²) in [6.07, 6.45) is 0. The molecule has 0 unspecified atom stereocenters. The molecule has 0 atom stereocenters. The van der Waals surface area contributed by atoms with Gasteiger partial charge in [0.1, 0.15) is 0 Å². The van der Waals surface area contributed by atoms with Gasteiger partial charge in [-0.15, -0.1) is 0 Å². The lowest BCUT2D eigenvalue weighted by Crippen LogP contribution is -2.18. The first-order valence-electron chi connectivity index (χ1n) is 9.36. The molecule has 0 aromatic heterocycles. The summed E-state index contributed by atoms with van der Waals surface area (Å²) < 4.78 is 0. The molecule has 0 aliphatic carbocycles. The van der Waals surface area contributed by atoms with Crippen LogP contribution >= 0.6 is 0 Å². The Morgan fingerprint density at radius 2 is 1.31 bits per heavy atom. The average Bonchev–Trinajstić information content (AvgIpc) is 2.74. The maximum Gasteiger partial charge on any atom is 0.255 e. The molecule has 0 saturated carbocycles. The number of hydrogen-bond acceptors (Lipinski definition) is 3. The number of anilines is 2. The molecular formula is C24H22N2O3. The van der Waals surface area contributed by atoms with Crippen molar-refractivity contribution in [1.29, 1.82) is 0 Å². The fourth-order valence-electron chi connectivity index (χ4n) is 2.69. The van der Waals surface area contributed by atoms with E-state index in [-0.39, 0.29) is 23.5 Å². The molecule has 0 spiro atoms. The van der Waals surface area contributed by atoms with Crippen LogP contribution in [-0.4, -0.2) is 17.6 Å². The van der Waals surface area contributed by atoms with Crippen molar-refractivity contribution in [2.75, 3.05) is 10.6 Å². The van der Waals surface area contributed by atoms with E-state index in [0.29, 0.717) is 28.1 Å². The first-order valence-corrected chi connectivity index (χ1v) is 9.36. The number of carbonyl (C=O) groups excluding carboxylic acids is 3. The molecule has 3 rings (SSSR count). The second-order valence-electron chi connectivity index (χ2n) is 6.95. The van der Waals surface area contributed by atoms with E-state index in [1.165, 1.54) is 0 Å². The van der Waals surface area contributed by atoms with Gasteiger partial charge in [-0.05, 0) is 36.4 Å². The molecule has 0 radical (unpaired) electrons. The smallest absolute Gasteiger partial charge is 0.255 e. The lowest BCUT2D eigenvalue weighted by atomic mass is 10.0. The third-order valence-electron chi connectivity index (χ3n) is 4.36. The third kappa shape index (κ3) is 5.17. The summed E-state index contributed by atoms with van der Waals surface area (Å²) in [4.78, 5) is 36.8. The van der Waals surface area contributed by atoms with Crippen molar-refractivity contribution in [2.24, 2.45) is 5.92 Å². The number of ketones is 1. The zero-order valence-electron chi connectivity index (χ0n) is 16.3. The molecule has 0 fully saturated rings. The van der Waals surface area contributed by atoms with Crippen LogP contribution in [0.3, 0.4) is 0 Å². The van der Waals surface area contributed by atoms with Gasteiger partial charge >= 0.3 is 0 Å². The van der Waals surface area contributed by atoms with Crippen molar-refractivity contribution in [3.05, 3.63) is 95.6 Å². The fraction of sp³-hybridized carbons (Fsp3) is 0.125. The van der Waals surface area contributed by atoms with Crippen molar-refractivity contribution >= 4 is 29.0 Å². The van der Waals surface area contributed by atoms with E-state index in [0.717, 1.165) is 0 Å². The zero-order chi connectivity index (χ0) is 20.8. The predicted octanol–water partition coefficient (Wildman–Crippen LogP) is 4.76. The van der Waals surface area contributed by atoms with Crippen LogP contribution in [-0.2, 0) is 4.79 Å². The molecular weight excluding hydrogens is 364 g/mol. The van der Waals surface area contributed by atoms with E-state index in [1.807, 2.05) is 32.0 Å². The maximum absolute atomic E-state index is 12.6. The van der Waals surface area contributed by atoms with Crippen molar-refractivity contribution in [2.45, 2.75) is 13.8 Å². The van der Waals surface area contributed by atoms with Gasteiger partial charge in [0, 0.05) is 34.0 Å². The van der Waals surface area contributed by atoms with E-state index < -0.39 is 0 Å². The summed E-state index contributed by atoms with van der Waals surface area (Å²) in [6, 6.07) is 22.5. The lowest BCUT2D eigenvalue weighted by Gasteiger charge is -2.10. The fourth-order valence-corrected chi connectivity index (χ4v) is 2.69. The molecule has 3 aromatic carbocycles. The van der Waals surface area contributed by atoms with Crippen LogP contribution in [0, 0.1) is 5.92 Å². The van der Waals surface area contributed by atoms with Crippen molar-refractivity contribution in [1.82, 2.24) is 0 Å². The molecule has 0 aliphatic rings. The molecule has 2 amide bonds. The second-order valence-corrected chi connectivity index (χ2v) is 6.95. The molecule has 0 bridgehead atoms. The topological polar surface area (TPSA) is 75.3 Å². The molecule has 5 nitrogen and oxygen atoms in total. The highest BCUT2D eigenvalue weighted by Gasteiger charge is 2.12. The number of benzene rings is 3. The van der Waals surface area contributed by atoms with Crippen molar-refractivity contribution < 1.29 is 14.4 Å². The van der Waals surface area contributed by atoms with Gasteiger partial charge in [0.25, 0.3) is 5.91 Å². The van der Waals surface area contributed by atoms with Gasteiger partial charge in [-0.1, -0.05) is 56.3 Å². The molecule has 146 valence electrons. The molecule has 5 heteroatoms. The van der Waals surface area contributed by atoms with E-state index in [4.69, 9.17) is 0 Å². The summed E-state index contributed by atoms with van der Waals surface area (Å²) in [5.74, 6) is -0.603. The molecule has 0 heterocycles. The number of carbonyl (C=O) groups is 3. The Labute approximate surface area is 169 Å². The molecule has 29 heavy (non-hydrogen) atoms. The highest BCUT2D eigenvalue weighted by Crippen LogP contribution is 2.17. The monoisotopic (exact) mass is 386 g/mol. The van der Waals surface area contributed by atoms with Crippen LogP contribution < -0.4 is 10.6 Å². The minimum absolute atomic E-state index is 0.0814. The Morgan fingerprint density at radius 1 is 0.655 bits per heavy atom. The zero-order valence-corrected chi connectivity index (χ0v) is 16.3. The van der Waals surface area contributed by atoms with E-state index in [2.05, 4.69) is 10.6 Å². The van der Waals surface area contributed by atoms with Gasteiger partial charge in [0.15, 0.2) is 5.78 Å². The first-order chi connectivity index (χ1) is 13.9. The van der Waals surface area contributed by atoms with Crippen LogP contribution in [0.1, 0.15) is 40.1 Å². The van der Waals surface area contributed by atoms with E-state index in [9.17, 15) is 14.4 Å². The highest BCUT2D eigenvalue weighted by molar-refractivity contribution is 6.10. The third-order valence-corrected chi connectivity index (χ3v) is 4.36. The van der Waals surface area contributed by atoms with Gasteiger partial charge in [0.2, 0.25) is 5.91 Å². The number of nitrogens with one attached hydrogen (secondary N) is 2. The quantitative estimate of drug-likeness (QED) is 0.600. The summed E-state index contributed by atoms with van der Waals surface area (Å²) >= 11 is 0. The molecule has 3 aromatic rings. The standard InChI is InChI=1S/C24H22N2O3/c1-16(2)23(28)25-20-13-11-18(12-14-20)24(29)26-21-10-6-9-19(15-21)22(27)17-7-4-3-5-8-17/h3-16H,1-2H3,(H,25,28)(H,26,29).